The van der Waals surface area contributed by atoms with E-state index in [2.05, 4.69) is 5.32 Å². The van der Waals surface area contributed by atoms with Crippen molar-refractivity contribution in [1.82, 2.24) is 9.55 Å². The molecule has 0 radical (unpaired) electrons. The molecule has 0 unspecified atom stereocenters. The minimum Gasteiger partial charge on any atom is -0.366 e. The Labute approximate surface area is 181 Å². The molecule has 156 valence electrons. The molecule has 3 aromatic rings. The van der Waals surface area contributed by atoms with Gasteiger partial charge in [0, 0.05) is 22.7 Å². The molecule has 0 saturated heterocycles. The quantitative estimate of drug-likeness (QED) is 0.432. The highest BCUT2D eigenvalue weighted by atomic mass is 32.2. The van der Waals surface area contributed by atoms with Gasteiger partial charge in [0.25, 0.3) is 5.56 Å². The Hall–Kier alpha value is -2.65. The molecule has 0 atom stereocenters. The molecule has 2 aromatic heterocycles. The normalized spacial score (nSPS) is 12.8. The Bertz CT molecular complexity index is 1180. The highest BCUT2D eigenvalue weighted by molar-refractivity contribution is 7.99. The minimum atomic E-state index is -0.515. The number of thiophene rings is 1. The topological polar surface area (TPSA) is 107 Å². The Balaban J connectivity index is 1.53. The summed E-state index contributed by atoms with van der Waals surface area (Å²) in [7, 11) is 0. The van der Waals surface area contributed by atoms with Gasteiger partial charge in [0.15, 0.2) is 5.16 Å². The van der Waals surface area contributed by atoms with Gasteiger partial charge in [0.1, 0.15) is 4.83 Å². The lowest BCUT2D eigenvalue weighted by Crippen LogP contribution is -2.24. The highest BCUT2D eigenvalue weighted by Crippen LogP contribution is 2.35. The number of aryl methyl sites for hydroxylation is 2. The number of thioether (sulfide) groups is 1. The van der Waals surface area contributed by atoms with Crippen LogP contribution in [-0.4, -0.2) is 27.1 Å². The molecule has 2 heterocycles. The fourth-order valence-electron chi connectivity index (χ4n) is 3.63. The monoisotopic (exact) mass is 442 g/mol. The van der Waals surface area contributed by atoms with E-state index in [0.717, 1.165) is 35.9 Å². The maximum Gasteiger partial charge on any atom is 0.263 e. The van der Waals surface area contributed by atoms with Crippen LogP contribution in [0.1, 0.15) is 40.6 Å². The summed E-state index contributed by atoms with van der Waals surface area (Å²) in [6, 6.07) is 6.39. The summed E-state index contributed by atoms with van der Waals surface area (Å²) in [5.74, 6) is -0.596. The van der Waals surface area contributed by atoms with E-state index in [0.29, 0.717) is 23.0 Å². The number of benzene rings is 1. The second kappa shape index (κ2) is 8.61. The van der Waals surface area contributed by atoms with Crippen molar-refractivity contribution in [2.24, 2.45) is 5.73 Å². The molecule has 4 rings (SSSR count). The molecule has 0 spiro atoms. The number of anilines is 1. The zero-order chi connectivity index (χ0) is 21.3. The van der Waals surface area contributed by atoms with Crippen LogP contribution in [-0.2, 0) is 24.2 Å². The minimum absolute atomic E-state index is 0.00574. The number of carbonyl (C=O) groups excluding carboxylic acids is 2. The largest absolute Gasteiger partial charge is 0.366 e. The number of primary amides is 1. The number of rotatable bonds is 7. The summed E-state index contributed by atoms with van der Waals surface area (Å²) in [5.41, 5.74) is 7.36. The van der Waals surface area contributed by atoms with Crippen molar-refractivity contribution in [3.05, 3.63) is 50.6 Å². The number of nitrogens with two attached hydrogens (primary N) is 1. The molecular weight excluding hydrogens is 420 g/mol. The summed E-state index contributed by atoms with van der Waals surface area (Å²) >= 11 is 2.87. The van der Waals surface area contributed by atoms with Crippen LogP contribution in [0.5, 0.6) is 0 Å². The molecule has 1 aromatic carbocycles. The summed E-state index contributed by atoms with van der Waals surface area (Å²) in [4.78, 5) is 43.5. The predicted octanol–water partition coefficient (Wildman–Crippen LogP) is 3.19. The third-order valence-electron chi connectivity index (χ3n) is 5.02. The maximum absolute atomic E-state index is 13.2. The fraction of sp³-hybridized carbons (Fsp3) is 0.333. The smallest absolute Gasteiger partial charge is 0.263 e. The highest BCUT2D eigenvalue weighted by Gasteiger charge is 2.23. The first-order valence-corrected chi connectivity index (χ1v) is 11.7. The van der Waals surface area contributed by atoms with Crippen LogP contribution in [0.3, 0.4) is 0 Å². The Morgan fingerprint density at radius 1 is 1.27 bits per heavy atom. The van der Waals surface area contributed by atoms with Crippen LogP contribution in [0.25, 0.3) is 10.2 Å². The van der Waals surface area contributed by atoms with Crippen LogP contribution in [0.4, 0.5) is 5.69 Å². The Morgan fingerprint density at radius 2 is 2.03 bits per heavy atom. The molecule has 7 nitrogen and oxygen atoms in total. The van der Waals surface area contributed by atoms with Crippen molar-refractivity contribution in [2.75, 3.05) is 11.1 Å². The van der Waals surface area contributed by atoms with Gasteiger partial charge in [-0.2, -0.15) is 0 Å². The molecule has 0 saturated carbocycles. The Kier molecular flexibility index (Phi) is 5.92. The van der Waals surface area contributed by atoms with E-state index in [1.54, 1.807) is 40.2 Å². The standard InChI is InChI=1S/C21H22N4O3S2/c1-2-10-25-20(28)17-14-4-3-5-15(14)30-19(17)24-21(25)29-11-16(26)23-13-8-6-12(7-9-13)18(22)27/h6-9H,2-5,10-11H2,1H3,(H2,22,27)(H,23,26). The van der Waals surface area contributed by atoms with E-state index < -0.39 is 5.91 Å². The van der Waals surface area contributed by atoms with E-state index in [-0.39, 0.29) is 17.2 Å². The summed E-state index contributed by atoms with van der Waals surface area (Å²) in [6.45, 7) is 2.59. The van der Waals surface area contributed by atoms with Crippen LogP contribution >= 0.6 is 23.1 Å². The third-order valence-corrected chi connectivity index (χ3v) is 7.18. The van der Waals surface area contributed by atoms with Gasteiger partial charge in [-0.25, -0.2) is 4.98 Å². The molecule has 1 aliphatic carbocycles. The number of fused-ring (bicyclic) bond motifs is 3. The maximum atomic E-state index is 13.2. The SMILES string of the molecule is CCCn1c(SCC(=O)Nc2ccc(C(N)=O)cc2)nc2sc3c(c2c1=O)CCC3. The van der Waals surface area contributed by atoms with E-state index in [1.807, 2.05) is 6.92 Å². The van der Waals surface area contributed by atoms with Gasteiger partial charge in [-0.05, 0) is 55.5 Å². The number of carbonyl (C=O) groups is 2. The molecule has 0 aliphatic heterocycles. The van der Waals surface area contributed by atoms with Gasteiger partial charge >= 0.3 is 0 Å². The van der Waals surface area contributed by atoms with E-state index >= 15 is 0 Å². The number of nitrogens with zero attached hydrogens (tertiary/aromatic N) is 2. The number of aromatic nitrogens is 2. The molecule has 30 heavy (non-hydrogen) atoms. The van der Waals surface area contributed by atoms with Gasteiger partial charge in [-0.3, -0.25) is 19.0 Å². The van der Waals surface area contributed by atoms with Gasteiger partial charge in [0.2, 0.25) is 11.8 Å². The zero-order valence-corrected chi connectivity index (χ0v) is 18.2. The Morgan fingerprint density at radius 3 is 2.73 bits per heavy atom. The second-order valence-electron chi connectivity index (χ2n) is 7.17. The molecule has 1 aliphatic rings. The summed E-state index contributed by atoms with van der Waals surface area (Å²) in [5, 5.41) is 4.13. The first-order chi connectivity index (χ1) is 14.5. The number of hydrogen-bond donors (Lipinski definition) is 2. The lowest BCUT2D eigenvalue weighted by molar-refractivity contribution is -0.113. The fourth-order valence-corrected chi connectivity index (χ4v) is 5.76. The zero-order valence-electron chi connectivity index (χ0n) is 16.6. The van der Waals surface area contributed by atoms with Gasteiger partial charge in [-0.15, -0.1) is 11.3 Å². The summed E-state index contributed by atoms with van der Waals surface area (Å²) in [6.07, 6.45) is 3.87. The lowest BCUT2D eigenvalue weighted by atomic mass is 10.2. The van der Waals surface area contributed by atoms with E-state index in [9.17, 15) is 14.4 Å². The molecule has 3 N–H and O–H groups in total. The second-order valence-corrected chi connectivity index (χ2v) is 9.19. The van der Waals surface area contributed by atoms with Crippen LogP contribution in [0.2, 0.25) is 0 Å². The van der Waals surface area contributed by atoms with E-state index in [4.69, 9.17) is 10.7 Å². The number of hydrogen-bond acceptors (Lipinski definition) is 6. The van der Waals surface area contributed by atoms with Gasteiger partial charge < -0.3 is 11.1 Å². The van der Waals surface area contributed by atoms with Crippen molar-refractivity contribution in [3.63, 3.8) is 0 Å². The molecule has 9 heteroatoms. The molecule has 0 bridgehead atoms. The average Bonchev–Trinajstić information content (AvgIpc) is 3.30. The van der Waals surface area contributed by atoms with Crippen molar-refractivity contribution in [3.8, 4) is 0 Å². The van der Waals surface area contributed by atoms with Crippen LogP contribution in [0.15, 0.2) is 34.2 Å². The molecule has 0 fully saturated rings. The molecule has 2 amide bonds. The van der Waals surface area contributed by atoms with Gasteiger partial charge in [0.05, 0.1) is 11.1 Å². The number of amides is 2. The third kappa shape index (κ3) is 3.99. The van der Waals surface area contributed by atoms with Crippen molar-refractivity contribution in [1.29, 1.82) is 0 Å². The first kappa shape index (κ1) is 20.6. The predicted molar refractivity (Wildman–Crippen MR) is 121 cm³/mol. The van der Waals surface area contributed by atoms with Crippen LogP contribution in [0, 0.1) is 0 Å². The van der Waals surface area contributed by atoms with E-state index in [1.165, 1.54) is 22.2 Å². The lowest BCUT2D eigenvalue weighted by Gasteiger charge is -2.11. The average molecular weight is 443 g/mol. The molecular formula is C21H22N4O3S2. The van der Waals surface area contributed by atoms with Gasteiger partial charge in [-0.1, -0.05) is 18.7 Å². The van der Waals surface area contributed by atoms with Crippen molar-refractivity contribution in [2.45, 2.75) is 44.3 Å². The first-order valence-electron chi connectivity index (χ1n) is 9.85. The van der Waals surface area contributed by atoms with Crippen molar-refractivity contribution >= 4 is 50.8 Å². The van der Waals surface area contributed by atoms with Crippen molar-refractivity contribution < 1.29 is 9.59 Å². The van der Waals surface area contributed by atoms with Crippen LogP contribution < -0.4 is 16.6 Å². The number of nitrogens with one attached hydrogen (secondary N) is 1. The summed E-state index contributed by atoms with van der Waals surface area (Å²) < 4.78 is 1.70.